The summed E-state index contributed by atoms with van der Waals surface area (Å²) < 4.78 is 19.4. The Labute approximate surface area is 214 Å². The number of halogens is 1. The van der Waals surface area contributed by atoms with Gasteiger partial charge in [-0.1, -0.05) is 12.1 Å². The quantitative estimate of drug-likeness (QED) is 0.461. The number of hydrogen-bond acceptors (Lipinski definition) is 6. The van der Waals surface area contributed by atoms with Crippen LogP contribution in [0.5, 0.6) is 5.75 Å². The molecule has 0 unspecified atom stereocenters. The summed E-state index contributed by atoms with van der Waals surface area (Å²) in [5, 5.41) is 11.5. The fraction of sp³-hybridized carbons (Fsp3) is 0.310. The van der Waals surface area contributed by atoms with E-state index in [-0.39, 0.29) is 30.9 Å². The number of nitrogens with zero attached hydrogens (tertiary/aromatic N) is 2. The number of nitrogens with two attached hydrogens (primary N) is 1. The predicted octanol–water partition coefficient (Wildman–Crippen LogP) is 4.54. The van der Waals surface area contributed by atoms with Gasteiger partial charge in [-0.2, -0.15) is 0 Å². The van der Waals surface area contributed by atoms with Crippen LogP contribution in [0.2, 0.25) is 0 Å². The van der Waals surface area contributed by atoms with Crippen molar-refractivity contribution >= 4 is 23.1 Å². The van der Waals surface area contributed by atoms with Crippen molar-refractivity contribution in [1.82, 2.24) is 4.98 Å². The first-order chi connectivity index (χ1) is 17.5. The average Bonchev–Trinajstić information content (AvgIpc) is 3.41. The normalized spacial score (nSPS) is 19.4. The summed E-state index contributed by atoms with van der Waals surface area (Å²) in [6, 6.07) is 12.8. The predicted molar refractivity (Wildman–Crippen MR) is 138 cm³/mol. The summed E-state index contributed by atoms with van der Waals surface area (Å²) in [6.45, 7) is 5.24. The molecule has 0 saturated carbocycles. The lowest BCUT2D eigenvalue weighted by Gasteiger charge is -2.26. The first-order valence-electron chi connectivity index (χ1n) is 12.2. The zero-order valence-corrected chi connectivity index (χ0v) is 21.0. The Hall–Kier alpha value is -3.91. The highest BCUT2D eigenvalue weighted by molar-refractivity contribution is 5.99. The molecule has 2 atom stereocenters. The number of Topliss-reactive ketones (excluding diaryl/α,β-unsaturated/α-hetero) is 1. The maximum atomic E-state index is 13.6. The summed E-state index contributed by atoms with van der Waals surface area (Å²) in [5.74, 6) is -0.722. The molecule has 3 N–H and O–H groups in total. The Balaban J connectivity index is 1.47. The third-order valence-electron chi connectivity index (χ3n) is 7.29. The molecule has 37 heavy (non-hydrogen) atoms. The minimum Gasteiger partial charge on any atom is -0.489 e. The molecule has 2 aliphatic rings. The highest BCUT2D eigenvalue weighted by Crippen LogP contribution is 2.46. The Morgan fingerprint density at radius 1 is 1.19 bits per heavy atom. The van der Waals surface area contributed by atoms with Crippen LogP contribution in [-0.2, 0) is 22.2 Å². The van der Waals surface area contributed by atoms with Crippen LogP contribution in [0.4, 0.5) is 10.1 Å². The topological polar surface area (TPSA) is 115 Å². The SMILES string of the molecule is CC1=Nc2cc(C(=O)CC[C@](C)(O)c3cc4c(c(-c5ccc(F)cc5)n3)OC[C@]4(C)C(N)=O)ccc2C1. The number of fused-ring (bicyclic) bond motifs is 2. The van der Waals surface area contributed by atoms with Crippen molar-refractivity contribution in [2.45, 2.75) is 51.0 Å². The summed E-state index contributed by atoms with van der Waals surface area (Å²) in [4.78, 5) is 34.5. The molecule has 2 aromatic carbocycles. The molecular formula is C29H28FN3O4. The number of aliphatic imine (C=N–C) groups is 1. The van der Waals surface area contributed by atoms with Gasteiger partial charge in [-0.15, -0.1) is 0 Å². The number of ether oxygens (including phenoxy) is 1. The zero-order chi connectivity index (χ0) is 26.5. The van der Waals surface area contributed by atoms with Crippen LogP contribution in [0.25, 0.3) is 11.3 Å². The highest BCUT2D eigenvalue weighted by Gasteiger charge is 2.45. The van der Waals surface area contributed by atoms with Gasteiger partial charge in [0, 0.05) is 35.2 Å². The van der Waals surface area contributed by atoms with Crippen LogP contribution in [0.1, 0.15) is 60.8 Å². The van der Waals surface area contributed by atoms with E-state index in [1.807, 2.05) is 13.0 Å². The van der Waals surface area contributed by atoms with E-state index < -0.39 is 22.7 Å². The minimum absolute atomic E-state index is 0.0257. The summed E-state index contributed by atoms with van der Waals surface area (Å²) in [5.41, 5.74) is 8.24. The number of carbonyl (C=O) groups is 2. The smallest absolute Gasteiger partial charge is 0.231 e. The number of ketones is 1. The van der Waals surface area contributed by atoms with Gasteiger partial charge in [0.25, 0.3) is 0 Å². The number of amides is 1. The van der Waals surface area contributed by atoms with Crippen LogP contribution in [0.3, 0.4) is 0 Å². The Morgan fingerprint density at radius 3 is 2.62 bits per heavy atom. The third kappa shape index (κ3) is 4.42. The summed E-state index contributed by atoms with van der Waals surface area (Å²) in [7, 11) is 0. The lowest BCUT2D eigenvalue weighted by atomic mass is 9.81. The van der Waals surface area contributed by atoms with Gasteiger partial charge >= 0.3 is 0 Å². The number of aromatic nitrogens is 1. The summed E-state index contributed by atoms with van der Waals surface area (Å²) in [6.07, 6.45) is 0.948. The molecule has 3 heterocycles. The number of hydrogen-bond donors (Lipinski definition) is 2. The number of rotatable bonds is 7. The molecule has 0 fully saturated rings. The molecule has 0 bridgehead atoms. The molecule has 0 spiro atoms. The standard InChI is InChI=1S/C29H28FN3O4/c1-16-12-18-4-5-19(13-22(18)32-16)23(34)10-11-29(3,36)24-14-21-26(37-15-28(21,2)27(31)35)25(33-24)17-6-8-20(30)9-7-17/h4-9,13-14,36H,10-12,15H2,1-3H3,(H2,31,35)/t28-,29-/m0/s1. The van der Waals surface area contributed by atoms with Gasteiger partial charge in [0.05, 0.1) is 11.4 Å². The van der Waals surface area contributed by atoms with Crippen molar-refractivity contribution in [2.24, 2.45) is 10.7 Å². The molecule has 0 radical (unpaired) electrons. The van der Waals surface area contributed by atoms with Crippen molar-refractivity contribution in [3.8, 4) is 17.0 Å². The van der Waals surface area contributed by atoms with Crippen LogP contribution in [0.15, 0.2) is 53.5 Å². The van der Waals surface area contributed by atoms with Gasteiger partial charge in [0.15, 0.2) is 5.78 Å². The number of aliphatic hydroxyl groups is 1. The van der Waals surface area contributed by atoms with Gasteiger partial charge in [0.2, 0.25) is 5.91 Å². The van der Waals surface area contributed by atoms with E-state index in [0.717, 1.165) is 23.4 Å². The van der Waals surface area contributed by atoms with Gasteiger partial charge in [-0.25, -0.2) is 9.37 Å². The van der Waals surface area contributed by atoms with Crippen molar-refractivity contribution in [1.29, 1.82) is 0 Å². The summed E-state index contributed by atoms with van der Waals surface area (Å²) >= 11 is 0. The molecule has 190 valence electrons. The maximum absolute atomic E-state index is 13.6. The van der Waals surface area contributed by atoms with Gasteiger partial charge in [-0.3, -0.25) is 14.6 Å². The molecular weight excluding hydrogens is 473 g/mol. The third-order valence-corrected chi connectivity index (χ3v) is 7.29. The van der Waals surface area contributed by atoms with E-state index in [1.54, 1.807) is 44.2 Å². The first kappa shape index (κ1) is 24.8. The van der Waals surface area contributed by atoms with Crippen LogP contribution in [0, 0.1) is 5.82 Å². The minimum atomic E-state index is -1.51. The van der Waals surface area contributed by atoms with E-state index in [1.165, 1.54) is 12.1 Å². The number of pyridine rings is 1. The Bertz CT molecular complexity index is 1460. The van der Waals surface area contributed by atoms with E-state index in [4.69, 9.17) is 10.5 Å². The van der Waals surface area contributed by atoms with Gasteiger partial charge < -0.3 is 15.6 Å². The van der Waals surface area contributed by atoms with Crippen LogP contribution in [-0.4, -0.2) is 34.1 Å². The fourth-order valence-electron chi connectivity index (χ4n) is 4.81. The lowest BCUT2D eigenvalue weighted by Crippen LogP contribution is -2.40. The van der Waals surface area contributed by atoms with Crippen LogP contribution < -0.4 is 10.5 Å². The van der Waals surface area contributed by atoms with E-state index in [9.17, 15) is 19.1 Å². The first-order valence-corrected chi connectivity index (χ1v) is 12.2. The molecule has 5 rings (SSSR count). The van der Waals surface area contributed by atoms with Crippen LogP contribution >= 0.6 is 0 Å². The second kappa shape index (κ2) is 8.88. The molecule has 3 aromatic rings. The molecule has 0 aliphatic carbocycles. The van der Waals surface area contributed by atoms with E-state index >= 15 is 0 Å². The zero-order valence-electron chi connectivity index (χ0n) is 21.0. The highest BCUT2D eigenvalue weighted by atomic mass is 19.1. The van der Waals surface area contributed by atoms with Crippen molar-refractivity contribution in [3.05, 3.63) is 76.7 Å². The molecule has 0 saturated heterocycles. The second-order valence-corrected chi connectivity index (χ2v) is 10.3. The monoisotopic (exact) mass is 501 g/mol. The van der Waals surface area contributed by atoms with E-state index in [2.05, 4.69) is 9.98 Å². The molecule has 1 aromatic heterocycles. The largest absolute Gasteiger partial charge is 0.489 e. The Morgan fingerprint density at radius 2 is 1.92 bits per heavy atom. The number of primary amides is 1. The average molecular weight is 502 g/mol. The van der Waals surface area contributed by atoms with Crippen molar-refractivity contribution in [3.63, 3.8) is 0 Å². The second-order valence-electron chi connectivity index (χ2n) is 10.3. The van der Waals surface area contributed by atoms with Gasteiger partial charge in [0.1, 0.15) is 34.9 Å². The van der Waals surface area contributed by atoms with Crippen molar-refractivity contribution in [2.75, 3.05) is 6.61 Å². The maximum Gasteiger partial charge on any atom is 0.231 e. The number of benzene rings is 2. The van der Waals surface area contributed by atoms with E-state index in [0.29, 0.717) is 28.1 Å². The molecule has 1 amide bonds. The molecule has 7 nitrogen and oxygen atoms in total. The Kier molecular flexibility index (Phi) is 5.95. The van der Waals surface area contributed by atoms with Gasteiger partial charge in [-0.05, 0) is 69.2 Å². The molecule has 2 aliphatic heterocycles. The van der Waals surface area contributed by atoms with Crippen molar-refractivity contribution < 1.29 is 23.8 Å². The lowest BCUT2D eigenvalue weighted by molar-refractivity contribution is -0.123. The molecule has 8 heteroatoms. The number of carbonyl (C=O) groups excluding carboxylic acids is 2. The fourth-order valence-corrected chi connectivity index (χ4v) is 4.81.